The van der Waals surface area contributed by atoms with Crippen LogP contribution in [0.4, 0.5) is 5.69 Å². The van der Waals surface area contributed by atoms with Gasteiger partial charge in [-0.3, -0.25) is 0 Å². The van der Waals surface area contributed by atoms with Crippen LogP contribution in [0.15, 0.2) is 22.7 Å². The van der Waals surface area contributed by atoms with E-state index >= 15 is 0 Å². The predicted molar refractivity (Wildman–Crippen MR) is 79.0 cm³/mol. The first kappa shape index (κ1) is 13.8. The highest BCUT2D eigenvalue weighted by Crippen LogP contribution is 2.31. The SMILES string of the molecule is CC(N)c1cc(Br)ccc1N(C)C1CCOC1C. The molecule has 0 bridgehead atoms. The monoisotopic (exact) mass is 312 g/mol. The Bertz CT molecular complexity index is 422. The van der Waals surface area contributed by atoms with E-state index in [1.807, 2.05) is 6.92 Å². The van der Waals surface area contributed by atoms with Crippen molar-refractivity contribution >= 4 is 21.6 Å². The van der Waals surface area contributed by atoms with Gasteiger partial charge in [0.05, 0.1) is 12.1 Å². The summed E-state index contributed by atoms with van der Waals surface area (Å²) >= 11 is 3.51. The number of hydrogen-bond donors (Lipinski definition) is 1. The molecule has 1 aromatic rings. The van der Waals surface area contributed by atoms with Crippen LogP contribution in [0.1, 0.15) is 31.9 Å². The molecule has 100 valence electrons. The Hall–Kier alpha value is -0.580. The molecule has 1 aliphatic heterocycles. The third-order valence-corrected chi connectivity index (χ3v) is 4.19. The number of likely N-dealkylation sites (N-methyl/N-ethyl adjacent to an activating group) is 1. The van der Waals surface area contributed by atoms with Gasteiger partial charge < -0.3 is 15.4 Å². The Morgan fingerprint density at radius 3 is 2.78 bits per heavy atom. The maximum atomic E-state index is 6.08. The Kier molecular flexibility index (Phi) is 4.30. The number of halogens is 1. The van der Waals surface area contributed by atoms with Crippen molar-refractivity contribution in [2.24, 2.45) is 5.73 Å². The van der Waals surface area contributed by atoms with E-state index in [9.17, 15) is 0 Å². The molecule has 3 unspecified atom stereocenters. The van der Waals surface area contributed by atoms with Gasteiger partial charge >= 0.3 is 0 Å². The minimum absolute atomic E-state index is 0.0255. The van der Waals surface area contributed by atoms with Crippen LogP contribution in [-0.2, 0) is 4.74 Å². The molecule has 3 atom stereocenters. The molecule has 3 nitrogen and oxygen atoms in total. The third-order valence-electron chi connectivity index (χ3n) is 3.69. The van der Waals surface area contributed by atoms with Crippen molar-refractivity contribution in [2.75, 3.05) is 18.6 Å². The van der Waals surface area contributed by atoms with Gasteiger partial charge in [-0.2, -0.15) is 0 Å². The van der Waals surface area contributed by atoms with Crippen molar-refractivity contribution < 1.29 is 4.74 Å². The maximum Gasteiger partial charge on any atom is 0.0750 e. The lowest BCUT2D eigenvalue weighted by Crippen LogP contribution is -2.37. The predicted octanol–water partition coefficient (Wildman–Crippen LogP) is 3.08. The first-order chi connectivity index (χ1) is 8.50. The maximum absolute atomic E-state index is 6.08. The fraction of sp³-hybridized carbons (Fsp3) is 0.571. The fourth-order valence-corrected chi connectivity index (χ4v) is 3.00. The largest absolute Gasteiger partial charge is 0.376 e. The Labute approximate surface area is 117 Å². The fourth-order valence-electron chi connectivity index (χ4n) is 2.62. The molecule has 0 aromatic heterocycles. The standard InChI is InChI=1S/C14H21BrN2O/c1-9(16)12-8-11(15)4-5-14(12)17(3)13-6-7-18-10(13)2/h4-5,8-10,13H,6-7,16H2,1-3H3. The Morgan fingerprint density at radius 1 is 1.50 bits per heavy atom. The summed E-state index contributed by atoms with van der Waals surface area (Å²) in [6.45, 7) is 5.01. The summed E-state index contributed by atoms with van der Waals surface area (Å²) < 4.78 is 6.72. The van der Waals surface area contributed by atoms with E-state index in [4.69, 9.17) is 10.5 Å². The van der Waals surface area contributed by atoms with Gasteiger partial charge in [-0.25, -0.2) is 0 Å². The second kappa shape index (κ2) is 5.59. The molecule has 2 rings (SSSR count). The molecule has 0 aliphatic carbocycles. The topological polar surface area (TPSA) is 38.5 Å². The van der Waals surface area contributed by atoms with E-state index < -0.39 is 0 Å². The molecule has 0 saturated carbocycles. The summed E-state index contributed by atoms with van der Waals surface area (Å²) in [5.41, 5.74) is 8.45. The lowest BCUT2D eigenvalue weighted by atomic mass is 10.0. The summed E-state index contributed by atoms with van der Waals surface area (Å²) in [4.78, 5) is 2.31. The minimum Gasteiger partial charge on any atom is -0.376 e. The lowest BCUT2D eigenvalue weighted by molar-refractivity contribution is 0.118. The van der Waals surface area contributed by atoms with E-state index in [0.717, 1.165) is 17.5 Å². The van der Waals surface area contributed by atoms with E-state index in [1.54, 1.807) is 0 Å². The third kappa shape index (κ3) is 2.71. The molecule has 0 spiro atoms. The molecule has 2 N–H and O–H groups in total. The van der Waals surface area contributed by atoms with E-state index in [2.05, 4.69) is 53.0 Å². The smallest absolute Gasteiger partial charge is 0.0750 e. The van der Waals surface area contributed by atoms with Crippen molar-refractivity contribution in [3.05, 3.63) is 28.2 Å². The van der Waals surface area contributed by atoms with Crippen molar-refractivity contribution in [3.8, 4) is 0 Å². The Balaban J connectivity index is 2.32. The summed E-state index contributed by atoms with van der Waals surface area (Å²) in [5.74, 6) is 0. The molecule has 1 fully saturated rings. The average molecular weight is 313 g/mol. The van der Waals surface area contributed by atoms with Gasteiger partial charge in [-0.1, -0.05) is 15.9 Å². The summed E-state index contributed by atoms with van der Waals surface area (Å²) in [6, 6.07) is 6.77. The zero-order chi connectivity index (χ0) is 13.3. The molecule has 1 aromatic carbocycles. The zero-order valence-electron chi connectivity index (χ0n) is 11.2. The molecule has 1 saturated heterocycles. The number of anilines is 1. The zero-order valence-corrected chi connectivity index (χ0v) is 12.8. The first-order valence-electron chi connectivity index (χ1n) is 6.40. The number of ether oxygens (including phenoxy) is 1. The van der Waals surface area contributed by atoms with Crippen molar-refractivity contribution in [2.45, 2.75) is 38.5 Å². The highest BCUT2D eigenvalue weighted by molar-refractivity contribution is 9.10. The van der Waals surface area contributed by atoms with Crippen molar-refractivity contribution in [1.82, 2.24) is 0 Å². The number of nitrogens with zero attached hydrogens (tertiary/aromatic N) is 1. The summed E-state index contributed by atoms with van der Waals surface area (Å²) in [5, 5.41) is 0. The van der Waals surface area contributed by atoms with Crippen LogP contribution in [0.5, 0.6) is 0 Å². The number of hydrogen-bond acceptors (Lipinski definition) is 3. The van der Waals surface area contributed by atoms with Gasteiger partial charge in [-0.15, -0.1) is 0 Å². The number of benzene rings is 1. The van der Waals surface area contributed by atoms with E-state index in [0.29, 0.717) is 6.04 Å². The van der Waals surface area contributed by atoms with Gasteiger partial charge in [0.2, 0.25) is 0 Å². The highest BCUT2D eigenvalue weighted by atomic mass is 79.9. The normalized spacial score (nSPS) is 25.2. The van der Waals surface area contributed by atoms with Gasteiger partial charge in [-0.05, 0) is 44.0 Å². The second-order valence-corrected chi connectivity index (χ2v) is 5.95. The second-order valence-electron chi connectivity index (χ2n) is 5.03. The van der Waals surface area contributed by atoms with Crippen LogP contribution in [0, 0.1) is 0 Å². The Morgan fingerprint density at radius 2 is 2.22 bits per heavy atom. The van der Waals surface area contributed by atoms with Crippen molar-refractivity contribution in [1.29, 1.82) is 0 Å². The minimum atomic E-state index is 0.0255. The number of rotatable bonds is 3. The van der Waals surface area contributed by atoms with Crippen LogP contribution in [0.2, 0.25) is 0 Å². The van der Waals surface area contributed by atoms with Crippen LogP contribution in [-0.4, -0.2) is 25.8 Å². The lowest BCUT2D eigenvalue weighted by Gasteiger charge is -2.31. The van der Waals surface area contributed by atoms with Crippen molar-refractivity contribution in [3.63, 3.8) is 0 Å². The summed E-state index contributed by atoms with van der Waals surface area (Å²) in [7, 11) is 2.13. The molecule has 4 heteroatoms. The highest BCUT2D eigenvalue weighted by Gasteiger charge is 2.29. The van der Waals surface area contributed by atoms with E-state index in [-0.39, 0.29) is 12.1 Å². The molecule has 0 amide bonds. The molecule has 1 heterocycles. The van der Waals surface area contributed by atoms with Gasteiger partial charge in [0.15, 0.2) is 0 Å². The van der Waals surface area contributed by atoms with Crippen LogP contribution in [0.25, 0.3) is 0 Å². The quantitative estimate of drug-likeness (QED) is 0.932. The number of nitrogens with two attached hydrogens (primary N) is 1. The van der Waals surface area contributed by atoms with Crippen LogP contribution in [0.3, 0.4) is 0 Å². The molecule has 18 heavy (non-hydrogen) atoms. The van der Waals surface area contributed by atoms with Crippen LogP contribution >= 0.6 is 15.9 Å². The average Bonchev–Trinajstić information content (AvgIpc) is 2.74. The first-order valence-corrected chi connectivity index (χ1v) is 7.19. The summed E-state index contributed by atoms with van der Waals surface area (Å²) in [6.07, 6.45) is 1.35. The van der Waals surface area contributed by atoms with Gasteiger partial charge in [0.25, 0.3) is 0 Å². The van der Waals surface area contributed by atoms with E-state index in [1.165, 1.54) is 11.3 Å². The molecular weight excluding hydrogens is 292 g/mol. The molecule has 1 aliphatic rings. The van der Waals surface area contributed by atoms with Gasteiger partial charge in [0, 0.05) is 29.9 Å². The molecule has 0 radical (unpaired) electrons. The molecular formula is C14H21BrN2O. The van der Waals surface area contributed by atoms with Crippen LogP contribution < -0.4 is 10.6 Å². The van der Waals surface area contributed by atoms with Gasteiger partial charge in [0.1, 0.15) is 0 Å².